The first-order chi connectivity index (χ1) is 13.1. The number of carbonyl (C=O) groups is 1. The molecule has 0 radical (unpaired) electrons. The van der Waals surface area contributed by atoms with E-state index in [1.807, 2.05) is 6.20 Å². The van der Waals surface area contributed by atoms with Gasteiger partial charge in [0, 0.05) is 6.20 Å². The molecule has 0 saturated heterocycles. The van der Waals surface area contributed by atoms with Gasteiger partial charge in [0.15, 0.2) is 17.3 Å². The van der Waals surface area contributed by atoms with Crippen LogP contribution in [0.3, 0.4) is 0 Å². The van der Waals surface area contributed by atoms with Crippen LogP contribution < -0.4 is 14.9 Å². The number of hydrogen-bond donors (Lipinski definition) is 1. The molecule has 0 bridgehead atoms. The van der Waals surface area contributed by atoms with Gasteiger partial charge in [-0.1, -0.05) is 0 Å². The average Bonchev–Trinajstić information content (AvgIpc) is 3.30. The van der Waals surface area contributed by atoms with Crippen LogP contribution in [-0.4, -0.2) is 36.1 Å². The lowest BCUT2D eigenvalue weighted by molar-refractivity contribution is 0.0925. The predicted octanol–water partition coefficient (Wildman–Crippen LogP) is 3.07. The summed E-state index contributed by atoms with van der Waals surface area (Å²) in [4.78, 5) is 12.1. The minimum Gasteiger partial charge on any atom is -0.493 e. The Morgan fingerprint density at radius 1 is 1.30 bits per heavy atom. The minimum atomic E-state index is -0.445. The van der Waals surface area contributed by atoms with E-state index in [1.165, 1.54) is 6.21 Å². The first-order valence-corrected chi connectivity index (χ1v) is 8.70. The van der Waals surface area contributed by atoms with Gasteiger partial charge in [-0.2, -0.15) is 10.2 Å². The van der Waals surface area contributed by atoms with Crippen LogP contribution in [0.1, 0.15) is 21.9 Å². The Kier molecular flexibility index (Phi) is 5.92. The van der Waals surface area contributed by atoms with Gasteiger partial charge in [0.1, 0.15) is 5.76 Å². The normalized spacial score (nSPS) is 10.9. The first kappa shape index (κ1) is 18.7. The fourth-order valence-corrected chi connectivity index (χ4v) is 2.65. The molecule has 1 amide bonds. The van der Waals surface area contributed by atoms with E-state index < -0.39 is 5.91 Å². The van der Waals surface area contributed by atoms with Crippen LogP contribution >= 0.6 is 15.9 Å². The van der Waals surface area contributed by atoms with Crippen molar-refractivity contribution in [3.05, 3.63) is 64.3 Å². The molecule has 1 N–H and O–H groups in total. The van der Waals surface area contributed by atoms with Crippen LogP contribution in [-0.2, 0) is 6.54 Å². The van der Waals surface area contributed by atoms with Gasteiger partial charge in [0.2, 0.25) is 0 Å². The zero-order valence-electron chi connectivity index (χ0n) is 14.7. The summed E-state index contributed by atoms with van der Waals surface area (Å²) < 4.78 is 18.5. The van der Waals surface area contributed by atoms with Crippen molar-refractivity contribution >= 4 is 28.1 Å². The van der Waals surface area contributed by atoms with E-state index in [2.05, 4.69) is 31.6 Å². The number of halogens is 1. The summed E-state index contributed by atoms with van der Waals surface area (Å²) in [6, 6.07) is 8.62. The van der Waals surface area contributed by atoms with Crippen molar-refractivity contribution in [2.24, 2.45) is 5.10 Å². The number of ether oxygens (including phenoxy) is 2. The van der Waals surface area contributed by atoms with Gasteiger partial charge in [0.25, 0.3) is 0 Å². The number of amides is 1. The highest BCUT2D eigenvalue weighted by atomic mass is 79.9. The molecule has 2 aromatic heterocycles. The predicted molar refractivity (Wildman–Crippen MR) is 102 cm³/mol. The smallest absolute Gasteiger partial charge is 0.307 e. The van der Waals surface area contributed by atoms with Gasteiger partial charge in [-0.3, -0.25) is 9.48 Å². The van der Waals surface area contributed by atoms with Crippen LogP contribution in [0.2, 0.25) is 0 Å². The van der Waals surface area contributed by atoms with Crippen molar-refractivity contribution in [3.8, 4) is 11.5 Å². The van der Waals surface area contributed by atoms with Crippen LogP contribution in [0.15, 0.2) is 56.7 Å². The summed E-state index contributed by atoms with van der Waals surface area (Å²) >= 11 is 3.33. The second-order valence-corrected chi connectivity index (χ2v) is 6.35. The van der Waals surface area contributed by atoms with Crippen LogP contribution in [0.5, 0.6) is 11.5 Å². The number of furan rings is 1. The maximum Gasteiger partial charge on any atom is 0.307 e. The van der Waals surface area contributed by atoms with E-state index in [-0.39, 0.29) is 5.76 Å². The molecule has 0 aliphatic rings. The zero-order valence-corrected chi connectivity index (χ0v) is 16.3. The molecular weight excluding hydrogens is 416 g/mol. The van der Waals surface area contributed by atoms with Gasteiger partial charge < -0.3 is 13.9 Å². The molecule has 8 nitrogen and oxygen atoms in total. The highest BCUT2D eigenvalue weighted by Crippen LogP contribution is 2.26. The Hall–Kier alpha value is -3.07. The van der Waals surface area contributed by atoms with E-state index in [0.717, 1.165) is 10.0 Å². The van der Waals surface area contributed by atoms with Crippen LogP contribution in [0, 0.1) is 0 Å². The van der Waals surface area contributed by atoms with Gasteiger partial charge in [0.05, 0.1) is 37.6 Å². The molecule has 0 atom stereocenters. The largest absolute Gasteiger partial charge is 0.493 e. The summed E-state index contributed by atoms with van der Waals surface area (Å²) in [6.07, 6.45) is 5.00. The van der Waals surface area contributed by atoms with Crippen molar-refractivity contribution in [2.75, 3.05) is 14.2 Å². The molecule has 2 heterocycles. The summed E-state index contributed by atoms with van der Waals surface area (Å²) in [7, 11) is 3.12. The fourth-order valence-electron chi connectivity index (χ4n) is 2.32. The van der Waals surface area contributed by atoms with Crippen molar-refractivity contribution in [1.29, 1.82) is 0 Å². The number of hydrogen-bond acceptors (Lipinski definition) is 6. The molecule has 0 fully saturated rings. The van der Waals surface area contributed by atoms with Crippen LogP contribution in [0.25, 0.3) is 0 Å². The number of benzene rings is 1. The Labute approximate surface area is 163 Å². The molecule has 9 heteroatoms. The maximum atomic E-state index is 12.1. The minimum absolute atomic E-state index is 0.167. The lowest BCUT2D eigenvalue weighted by Crippen LogP contribution is -2.16. The molecule has 0 unspecified atom stereocenters. The maximum absolute atomic E-state index is 12.1. The summed E-state index contributed by atoms with van der Waals surface area (Å²) in [5, 5.41) is 8.08. The first-order valence-electron chi connectivity index (χ1n) is 7.91. The topological polar surface area (TPSA) is 90.9 Å². The second kappa shape index (κ2) is 8.54. The third-order valence-corrected chi connectivity index (χ3v) is 4.00. The van der Waals surface area contributed by atoms with Crippen molar-refractivity contribution < 1.29 is 18.7 Å². The molecule has 3 rings (SSSR count). The number of hydrazone groups is 1. The number of carbonyl (C=O) groups excluding carboxylic acids is 1. The standard InChI is InChI=1S/C18H17BrN4O4/c1-25-15-5-3-12(7-17(15)26-2)8-20-22-18(24)16-6-4-14(27-16)11-23-10-13(19)9-21-23/h3-10H,11H2,1-2H3,(H,22,24)/b20-8-. The Balaban J connectivity index is 1.60. The van der Waals surface area contributed by atoms with E-state index in [0.29, 0.717) is 23.8 Å². The summed E-state index contributed by atoms with van der Waals surface area (Å²) in [5.74, 6) is 1.53. The van der Waals surface area contributed by atoms with E-state index >= 15 is 0 Å². The van der Waals surface area contributed by atoms with Crippen molar-refractivity contribution in [3.63, 3.8) is 0 Å². The van der Waals surface area contributed by atoms with Gasteiger partial charge >= 0.3 is 5.91 Å². The molecule has 140 valence electrons. The lowest BCUT2D eigenvalue weighted by atomic mass is 10.2. The number of nitrogens with one attached hydrogen (secondary N) is 1. The molecule has 27 heavy (non-hydrogen) atoms. The molecule has 0 spiro atoms. The Bertz CT molecular complexity index is 964. The van der Waals surface area contributed by atoms with Crippen molar-refractivity contribution in [1.82, 2.24) is 15.2 Å². The SMILES string of the molecule is COc1ccc(/C=N\NC(=O)c2ccc(Cn3cc(Br)cn3)o2)cc1OC. The van der Waals surface area contributed by atoms with Crippen molar-refractivity contribution in [2.45, 2.75) is 6.54 Å². The molecule has 0 saturated carbocycles. The average molecular weight is 433 g/mol. The highest BCUT2D eigenvalue weighted by Gasteiger charge is 2.11. The Morgan fingerprint density at radius 2 is 2.11 bits per heavy atom. The number of rotatable bonds is 7. The Morgan fingerprint density at radius 3 is 2.81 bits per heavy atom. The van der Waals surface area contributed by atoms with E-state index in [1.54, 1.807) is 55.4 Å². The molecule has 0 aliphatic heterocycles. The molecular formula is C18H17BrN4O4. The number of nitrogens with zero attached hydrogens (tertiary/aromatic N) is 3. The molecule has 1 aromatic carbocycles. The van der Waals surface area contributed by atoms with E-state index in [9.17, 15) is 4.79 Å². The third kappa shape index (κ3) is 4.76. The lowest BCUT2D eigenvalue weighted by Gasteiger charge is -2.07. The van der Waals surface area contributed by atoms with Gasteiger partial charge in [-0.15, -0.1) is 0 Å². The van der Waals surface area contributed by atoms with E-state index in [4.69, 9.17) is 13.9 Å². The van der Waals surface area contributed by atoms with Gasteiger partial charge in [-0.25, -0.2) is 5.43 Å². The molecule has 0 aliphatic carbocycles. The van der Waals surface area contributed by atoms with Gasteiger partial charge in [-0.05, 0) is 51.8 Å². The quantitative estimate of drug-likeness (QED) is 0.457. The highest BCUT2D eigenvalue weighted by molar-refractivity contribution is 9.10. The third-order valence-electron chi connectivity index (χ3n) is 3.59. The second-order valence-electron chi connectivity index (χ2n) is 5.44. The number of methoxy groups -OCH3 is 2. The van der Waals surface area contributed by atoms with Crippen LogP contribution in [0.4, 0.5) is 0 Å². The number of aromatic nitrogens is 2. The fraction of sp³-hybridized carbons (Fsp3) is 0.167. The summed E-state index contributed by atoms with van der Waals surface area (Å²) in [6.45, 7) is 0.424. The monoisotopic (exact) mass is 432 g/mol. The zero-order chi connectivity index (χ0) is 19.2. The summed E-state index contributed by atoms with van der Waals surface area (Å²) in [5.41, 5.74) is 3.18. The molecule has 3 aromatic rings.